The van der Waals surface area contributed by atoms with Gasteiger partial charge in [0, 0.05) is 39.7 Å². The minimum atomic E-state index is -1.75. The molecule has 0 fully saturated rings. The minimum absolute atomic E-state index is 0. The summed E-state index contributed by atoms with van der Waals surface area (Å²) in [6, 6.07) is 15.9. The van der Waals surface area contributed by atoms with Crippen LogP contribution in [-0.2, 0) is 13.7 Å². The van der Waals surface area contributed by atoms with Gasteiger partial charge < -0.3 is 5.32 Å². The molecule has 0 saturated heterocycles. The molecule has 0 unspecified atom stereocenters. The highest BCUT2D eigenvalue weighted by molar-refractivity contribution is 6.04. The third-order valence-corrected chi connectivity index (χ3v) is 5.83. The summed E-state index contributed by atoms with van der Waals surface area (Å²) >= 11 is 0. The Morgan fingerprint density at radius 2 is 1.73 bits per heavy atom. The van der Waals surface area contributed by atoms with E-state index in [-0.39, 0.29) is 14.6 Å². The first kappa shape index (κ1) is 25.4. The van der Waals surface area contributed by atoms with Crippen LogP contribution in [0.1, 0.15) is 8.42 Å². The van der Waals surface area contributed by atoms with Crippen LogP contribution in [0.2, 0.25) is 0 Å². The van der Waals surface area contributed by atoms with Crippen molar-refractivity contribution in [2.45, 2.75) is 6.67 Å². The number of alkyl halides is 3. The number of aryl methyl sites for hydroxylation is 1. The van der Waals surface area contributed by atoms with E-state index in [9.17, 15) is 22.8 Å². The summed E-state index contributed by atoms with van der Waals surface area (Å²) in [6.07, 6.45) is 3.32. The highest BCUT2D eigenvalue weighted by Crippen LogP contribution is 2.30. The van der Waals surface area contributed by atoms with Gasteiger partial charge in [-0.25, -0.2) is 27.7 Å². The number of halogens is 3. The first-order valence-corrected chi connectivity index (χ1v) is 11.1. The number of nitrogens with zero attached hydrogens (tertiary/aromatic N) is 4. The van der Waals surface area contributed by atoms with Gasteiger partial charge in [-0.3, -0.25) is 19.4 Å². The third-order valence-electron chi connectivity index (χ3n) is 5.83. The summed E-state index contributed by atoms with van der Waals surface area (Å²) in [5.74, 6) is 0.424. The molecular formula is C26H27F3N6O2. The van der Waals surface area contributed by atoms with Gasteiger partial charge in [-0.05, 0) is 35.9 Å². The molecule has 0 aliphatic rings. The highest BCUT2D eigenvalue weighted by Gasteiger charge is 2.18. The Balaban J connectivity index is 0.00000102. The molecule has 0 atom stereocenters. The van der Waals surface area contributed by atoms with E-state index >= 15 is 0 Å². The summed E-state index contributed by atoms with van der Waals surface area (Å²) in [4.78, 5) is 33.6. The molecule has 0 spiro atoms. The molecule has 5 aromatic rings. The second kappa shape index (κ2) is 10.9. The summed E-state index contributed by atoms with van der Waals surface area (Å²) in [7, 11) is 3.21. The molecule has 0 saturated carbocycles. The number of rotatable bonds is 4. The summed E-state index contributed by atoms with van der Waals surface area (Å²) in [6.45, 7) is -2.44. The number of benzene rings is 2. The molecule has 2 N–H and O–H groups in total. The van der Waals surface area contributed by atoms with Crippen molar-refractivity contribution in [3.05, 3.63) is 83.0 Å². The van der Waals surface area contributed by atoms with Crippen molar-refractivity contribution in [2.75, 3.05) is 19.3 Å². The number of nitrogens with one attached hydrogen (secondary N) is 2. The molecular weight excluding hydrogens is 485 g/mol. The molecule has 11 heteroatoms. The molecule has 3 heterocycles. The highest BCUT2D eigenvalue weighted by atomic mass is 19.3. The first-order valence-electron chi connectivity index (χ1n) is 11.1. The van der Waals surface area contributed by atoms with Crippen LogP contribution in [-0.4, -0.2) is 39.1 Å². The van der Waals surface area contributed by atoms with Crippen molar-refractivity contribution in [2.24, 2.45) is 7.05 Å². The zero-order chi connectivity index (χ0) is 26.5. The number of aromatic nitrogens is 4. The molecule has 0 aliphatic heterocycles. The van der Waals surface area contributed by atoms with Crippen molar-refractivity contribution < 1.29 is 20.8 Å². The minimum Gasteiger partial charge on any atom is -0.341 e. The standard InChI is InChI=1S/C25H21FN6O2.CH2F2.2H2/c1-27-24(33)30-22-10-8-17(13-29-22)15-7-9-19-18(11-15)23-21(14-28-19)31(2)25(34)32(23)20-6-4-3-5-16(20)12-26;2-1-3;;/h3-11,13-14H,12H2,1-2H3,(H2,27,29,30,33);1H2;2*1H. The number of hydrogen-bond acceptors (Lipinski definition) is 4. The Hall–Kier alpha value is -4.67. The van der Waals surface area contributed by atoms with Gasteiger partial charge in [-0.15, -0.1) is 0 Å². The number of hydrogen-bond donors (Lipinski definition) is 2. The topological polar surface area (TPSA) is 93.8 Å². The fourth-order valence-electron chi connectivity index (χ4n) is 4.06. The number of fused-ring (bicyclic) bond motifs is 3. The molecule has 2 amide bonds. The third kappa shape index (κ3) is 4.88. The molecule has 8 nitrogen and oxygen atoms in total. The maximum atomic E-state index is 13.8. The number of urea groups is 1. The molecule has 2 aromatic carbocycles. The molecule has 3 aromatic heterocycles. The number of carbonyl (C=O) groups excluding carboxylic acids is 1. The van der Waals surface area contributed by atoms with Gasteiger partial charge in [-0.1, -0.05) is 24.3 Å². The second-order valence-corrected chi connectivity index (χ2v) is 7.90. The molecule has 194 valence electrons. The summed E-state index contributed by atoms with van der Waals surface area (Å²) in [5.41, 5.74) is 4.36. The monoisotopic (exact) mass is 512 g/mol. The molecule has 0 radical (unpaired) electrons. The smallest absolute Gasteiger partial charge is 0.333 e. The van der Waals surface area contributed by atoms with Gasteiger partial charge in [0.1, 0.15) is 12.5 Å². The van der Waals surface area contributed by atoms with Crippen LogP contribution in [0.15, 0.2) is 71.8 Å². The van der Waals surface area contributed by atoms with Crippen molar-refractivity contribution in [1.29, 1.82) is 0 Å². The fraction of sp³-hybridized carbons (Fsp3) is 0.154. The van der Waals surface area contributed by atoms with Crippen molar-refractivity contribution >= 4 is 33.8 Å². The number of para-hydroxylation sites is 1. The molecule has 0 bridgehead atoms. The Labute approximate surface area is 212 Å². The Morgan fingerprint density at radius 3 is 2.41 bits per heavy atom. The summed E-state index contributed by atoms with van der Waals surface area (Å²) < 4.78 is 36.1. The van der Waals surface area contributed by atoms with E-state index in [0.29, 0.717) is 33.6 Å². The van der Waals surface area contributed by atoms with E-state index in [4.69, 9.17) is 0 Å². The number of carbonyl (C=O) groups is 1. The van der Waals surface area contributed by atoms with Crippen LogP contribution in [0.5, 0.6) is 0 Å². The molecule has 37 heavy (non-hydrogen) atoms. The van der Waals surface area contributed by atoms with E-state index in [0.717, 1.165) is 16.5 Å². The van der Waals surface area contributed by atoms with Crippen LogP contribution in [0.25, 0.3) is 38.8 Å². The van der Waals surface area contributed by atoms with Gasteiger partial charge in [0.2, 0.25) is 6.93 Å². The largest absolute Gasteiger partial charge is 0.341 e. The second-order valence-electron chi connectivity index (χ2n) is 7.90. The molecule has 0 aliphatic carbocycles. The van der Waals surface area contributed by atoms with Crippen molar-refractivity contribution in [3.8, 4) is 16.8 Å². The predicted molar refractivity (Wildman–Crippen MR) is 141 cm³/mol. The number of anilines is 1. The fourth-order valence-corrected chi connectivity index (χ4v) is 4.06. The zero-order valence-corrected chi connectivity index (χ0v) is 20.0. The summed E-state index contributed by atoms with van der Waals surface area (Å²) in [5, 5.41) is 5.87. The van der Waals surface area contributed by atoms with Gasteiger partial charge in [0.15, 0.2) is 0 Å². The quantitative estimate of drug-likeness (QED) is 0.331. The number of pyridine rings is 2. The van der Waals surface area contributed by atoms with E-state index in [1.165, 1.54) is 11.6 Å². The lowest BCUT2D eigenvalue weighted by Crippen LogP contribution is -2.24. The van der Waals surface area contributed by atoms with Crippen LogP contribution in [0.4, 0.5) is 23.8 Å². The number of amides is 2. The Morgan fingerprint density at radius 1 is 1.00 bits per heavy atom. The van der Waals surface area contributed by atoms with E-state index in [1.54, 1.807) is 54.3 Å². The lowest BCUT2D eigenvalue weighted by atomic mass is 10.0. The average molecular weight is 513 g/mol. The van der Waals surface area contributed by atoms with Crippen molar-refractivity contribution in [1.82, 2.24) is 24.4 Å². The lowest BCUT2D eigenvalue weighted by molar-refractivity contribution is 0.254. The zero-order valence-electron chi connectivity index (χ0n) is 20.0. The maximum absolute atomic E-state index is 13.8. The van der Waals surface area contributed by atoms with E-state index < -0.39 is 13.6 Å². The van der Waals surface area contributed by atoms with Gasteiger partial charge in [0.25, 0.3) is 0 Å². The Bertz CT molecular complexity index is 1640. The van der Waals surface area contributed by atoms with Crippen LogP contribution >= 0.6 is 0 Å². The van der Waals surface area contributed by atoms with E-state index in [1.807, 2.05) is 24.3 Å². The SMILES string of the molecule is CNC(=O)Nc1ccc(-c2ccc3ncc4c(c3c2)n(-c2ccccc2CF)c(=O)n4C)cn1.FCF.[HH].[HH]. The first-order chi connectivity index (χ1) is 17.9. The number of imidazole rings is 1. The van der Waals surface area contributed by atoms with Crippen molar-refractivity contribution in [3.63, 3.8) is 0 Å². The van der Waals surface area contributed by atoms with Crippen LogP contribution in [0.3, 0.4) is 0 Å². The van der Waals surface area contributed by atoms with Crippen LogP contribution in [0, 0.1) is 0 Å². The lowest BCUT2D eigenvalue weighted by Gasteiger charge is -2.10. The van der Waals surface area contributed by atoms with Gasteiger partial charge in [-0.2, -0.15) is 0 Å². The Kier molecular flexibility index (Phi) is 7.52. The predicted octanol–water partition coefficient (Wildman–Crippen LogP) is 5.54. The average Bonchev–Trinajstić information content (AvgIpc) is 3.19. The van der Waals surface area contributed by atoms with E-state index in [2.05, 4.69) is 20.6 Å². The normalized spacial score (nSPS) is 10.7. The van der Waals surface area contributed by atoms with Gasteiger partial charge >= 0.3 is 11.7 Å². The maximum Gasteiger partial charge on any atom is 0.333 e. The van der Waals surface area contributed by atoms with Crippen LogP contribution < -0.4 is 16.3 Å². The van der Waals surface area contributed by atoms with Gasteiger partial charge in [0.05, 0.1) is 28.4 Å². The molecule has 5 rings (SSSR count).